The molecule has 80 valence electrons. The van der Waals surface area contributed by atoms with Crippen molar-refractivity contribution in [1.29, 1.82) is 0 Å². The summed E-state index contributed by atoms with van der Waals surface area (Å²) in [5.74, 6) is 0.692. The fraction of sp³-hybridized carbons (Fsp3) is 0.364. The predicted molar refractivity (Wildman–Crippen MR) is 64.5 cm³/mol. The van der Waals surface area contributed by atoms with Gasteiger partial charge in [-0.2, -0.15) is 0 Å². The summed E-state index contributed by atoms with van der Waals surface area (Å²) >= 11 is 3.31. The van der Waals surface area contributed by atoms with Gasteiger partial charge in [-0.25, -0.2) is 0 Å². The van der Waals surface area contributed by atoms with Crippen LogP contribution in [0.15, 0.2) is 22.7 Å². The minimum absolute atomic E-state index is 0.0826. The lowest BCUT2D eigenvalue weighted by Crippen LogP contribution is -2.12. The monoisotopic (exact) mass is 268 g/mol. The Hall–Kier alpha value is -1.03. The van der Waals surface area contributed by atoms with E-state index in [1.165, 1.54) is 12.8 Å². The highest BCUT2D eigenvalue weighted by Gasteiger charge is 2.24. The van der Waals surface area contributed by atoms with E-state index in [0.29, 0.717) is 18.0 Å². The van der Waals surface area contributed by atoms with Crippen LogP contribution in [0.25, 0.3) is 0 Å². The lowest BCUT2D eigenvalue weighted by atomic mass is 10.2. The molecule has 15 heavy (non-hydrogen) atoms. The number of halogens is 1. The number of benzene rings is 1. The Labute approximate surface area is 97.2 Å². The molecule has 4 heteroatoms. The van der Waals surface area contributed by atoms with Gasteiger partial charge in [0.15, 0.2) is 0 Å². The molecule has 1 aliphatic rings. The second-order valence-electron chi connectivity index (χ2n) is 3.93. The van der Waals surface area contributed by atoms with Crippen molar-refractivity contribution in [2.75, 3.05) is 11.1 Å². The van der Waals surface area contributed by atoms with Crippen LogP contribution in [-0.2, 0) is 4.79 Å². The SMILES string of the molecule is Nc1cc(NC(=O)CC2CC2)ccc1Br. The number of nitrogens with two attached hydrogens (primary N) is 1. The van der Waals surface area contributed by atoms with Gasteiger partial charge in [-0.1, -0.05) is 0 Å². The first-order chi connectivity index (χ1) is 7.15. The Morgan fingerprint density at radius 1 is 1.53 bits per heavy atom. The molecule has 1 saturated carbocycles. The fourth-order valence-corrected chi connectivity index (χ4v) is 1.66. The van der Waals surface area contributed by atoms with Crippen molar-refractivity contribution in [2.45, 2.75) is 19.3 Å². The van der Waals surface area contributed by atoms with Crippen molar-refractivity contribution in [3.05, 3.63) is 22.7 Å². The van der Waals surface area contributed by atoms with Gasteiger partial charge in [0, 0.05) is 22.3 Å². The molecular weight excluding hydrogens is 256 g/mol. The highest BCUT2D eigenvalue weighted by atomic mass is 79.9. The molecule has 1 aromatic rings. The molecule has 3 nitrogen and oxygen atoms in total. The molecule has 1 amide bonds. The van der Waals surface area contributed by atoms with Gasteiger partial charge in [-0.15, -0.1) is 0 Å². The molecule has 0 bridgehead atoms. The fourth-order valence-electron chi connectivity index (χ4n) is 1.42. The number of carbonyl (C=O) groups excluding carboxylic acids is 1. The van der Waals surface area contributed by atoms with Crippen molar-refractivity contribution in [1.82, 2.24) is 0 Å². The first-order valence-corrected chi connectivity index (χ1v) is 5.79. The number of carbonyl (C=O) groups is 1. The zero-order chi connectivity index (χ0) is 10.8. The number of amides is 1. The molecule has 3 N–H and O–H groups in total. The summed E-state index contributed by atoms with van der Waals surface area (Å²) in [6.45, 7) is 0. The summed E-state index contributed by atoms with van der Waals surface area (Å²) in [4.78, 5) is 11.5. The zero-order valence-corrected chi connectivity index (χ0v) is 9.88. The number of rotatable bonds is 3. The third-order valence-corrected chi connectivity index (χ3v) is 3.17. The standard InChI is InChI=1S/C11H13BrN2O/c12-9-4-3-8(6-10(9)13)14-11(15)5-7-1-2-7/h3-4,6-7H,1-2,5,13H2,(H,14,15). The van der Waals surface area contributed by atoms with E-state index in [-0.39, 0.29) is 5.91 Å². The molecule has 0 saturated heterocycles. The minimum atomic E-state index is 0.0826. The van der Waals surface area contributed by atoms with Crippen molar-refractivity contribution in [3.8, 4) is 0 Å². The number of nitrogens with one attached hydrogen (secondary N) is 1. The molecular formula is C11H13BrN2O. The van der Waals surface area contributed by atoms with Crippen LogP contribution in [0.4, 0.5) is 11.4 Å². The third kappa shape index (κ3) is 2.96. The molecule has 0 aromatic heterocycles. The third-order valence-electron chi connectivity index (χ3n) is 2.45. The van der Waals surface area contributed by atoms with Gasteiger partial charge >= 0.3 is 0 Å². The summed E-state index contributed by atoms with van der Waals surface area (Å²) in [5, 5.41) is 2.84. The van der Waals surface area contributed by atoms with Crippen molar-refractivity contribution >= 4 is 33.2 Å². The maximum absolute atomic E-state index is 11.5. The molecule has 2 rings (SSSR count). The van der Waals surface area contributed by atoms with Crippen molar-refractivity contribution < 1.29 is 4.79 Å². The van der Waals surface area contributed by atoms with E-state index in [9.17, 15) is 4.79 Å². The van der Waals surface area contributed by atoms with Gasteiger partial charge in [-0.3, -0.25) is 4.79 Å². The van der Waals surface area contributed by atoms with Gasteiger partial charge in [0.05, 0.1) is 0 Å². The Morgan fingerprint density at radius 2 is 2.27 bits per heavy atom. The molecule has 0 atom stereocenters. The summed E-state index contributed by atoms with van der Waals surface area (Å²) in [6, 6.07) is 5.43. The normalized spacial score (nSPS) is 15.0. The first kappa shape index (κ1) is 10.5. The lowest BCUT2D eigenvalue weighted by molar-refractivity contribution is -0.116. The van der Waals surface area contributed by atoms with Gasteiger partial charge < -0.3 is 11.1 Å². The average molecular weight is 269 g/mol. The quantitative estimate of drug-likeness (QED) is 0.829. The van der Waals surface area contributed by atoms with Gasteiger partial charge in [0.25, 0.3) is 0 Å². The van der Waals surface area contributed by atoms with Crippen LogP contribution in [0.3, 0.4) is 0 Å². The molecule has 0 radical (unpaired) electrons. The molecule has 0 heterocycles. The zero-order valence-electron chi connectivity index (χ0n) is 8.29. The second-order valence-corrected chi connectivity index (χ2v) is 4.79. The number of hydrogen-bond acceptors (Lipinski definition) is 2. The lowest BCUT2D eigenvalue weighted by Gasteiger charge is -2.06. The largest absolute Gasteiger partial charge is 0.398 e. The smallest absolute Gasteiger partial charge is 0.224 e. The molecule has 0 unspecified atom stereocenters. The van der Waals surface area contributed by atoms with Gasteiger partial charge in [0.2, 0.25) is 5.91 Å². The van der Waals surface area contributed by atoms with E-state index in [4.69, 9.17) is 5.73 Å². The first-order valence-electron chi connectivity index (χ1n) is 5.00. The summed E-state index contributed by atoms with van der Waals surface area (Å²) < 4.78 is 0.850. The van der Waals surface area contributed by atoms with E-state index in [1.807, 2.05) is 12.1 Å². The molecule has 1 fully saturated rings. The van der Waals surface area contributed by atoms with Gasteiger partial charge in [0.1, 0.15) is 0 Å². The predicted octanol–water partition coefficient (Wildman–Crippen LogP) is 2.77. The van der Waals surface area contributed by atoms with Gasteiger partial charge in [-0.05, 0) is 52.9 Å². The molecule has 0 spiro atoms. The van der Waals surface area contributed by atoms with Crippen molar-refractivity contribution in [3.63, 3.8) is 0 Å². The van der Waals surface area contributed by atoms with Crippen LogP contribution in [-0.4, -0.2) is 5.91 Å². The maximum atomic E-state index is 11.5. The highest BCUT2D eigenvalue weighted by Crippen LogP contribution is 2.32. The Morgan fingerprint density at radius 3 is 2.87 bits per heavy atom. The highest BCUT2D eigenvalue weighted by molar-refractivity contribution is 9.10. The number of hydrogen-bond donors (Lipinski definition) is 2. The van der Waals surface area contributed by atoms with Crippen LogP contribution < -0.4 is 11.1 Å². The molecule has 1 aliphatic carbocycles. The summed E-state index contributed by atoms with van der Waals surface area (Å²) in [5.41, 5.74) is 7.12. The summed E-state index contributed by atoms with van der Waals surface area (Å²) in [6.07, 6.45) is 3.02. The van der Waals surface area contributed by atoms with E-state index in [1.54, 1.807) is 6.07 Å². The Bertz CT molecular complexity index is 388. The van der Waals surface area contributed by atoms with Crippen LogP contribution in [0.2, 0.25) is 0 Å². The maximum Gasteiger partial charge on any atom is 0.224 e. The molecule has 1 aromatic carbocycles. The Kier molecular flexibility index (Phi) is 2.95. The van der Waals surface area contributed by atoms with Crippen molar-refractivity contribution in [2.24, 2.45) is 5.92 Å². The number of nitrogen functional groups attached to an aromatic ring is 1. The Balaban J connectivity index is 1.97. The summed E-state index contributed by atoms with van der Waals surface area (Å²) in [7, 11) is 0. The minimum Gasteiger partial charge on any atom is -0.398 e. The van der Waals surface area contributed by atoms with E-state index in [2.05, 4.69) is 21.2 Å². The van der Waals surface area contributed by atoms with Crippen LogP contribution in [0.5, 0.6) is 0 Å². The topological polar surface area (TPSA) is 55.1 Å². The van der Waals surface area contributed by atoms with Crippen LogP contribution in [0, 0.1) is 5.92 Å². The number of anilines is 2. The van der Waals surface area contributed by atoms with Crippen LogP contribution >= 0.6 is 15.9 Å². The average Bonchev–Trinajstić information content (AvgIpc) is 2.95. The molecule has 0 aliphatic heterocycles. The second kappa shape index (κ2) is 4.23. The van der Waals surface area contributed by atoms with Crippen LogP contribution in [0.1, 0.15) is 19.3 Å². The van der Waals surface area contributed by atoms with E-state index in [0.717, 1.165) is 10.2 Å². The van der Waals surface area contributed by atoms with E-state index >= 15 is 0 Å². The van der Waals surface area contributed by atoms with E-state index < -0.39 is 0 Å².